The number of hydrogen-bond donors (Lipinski definition) is 1. The van der Waals surface area contributed by atoms with Crippen LogP contribution in [0, 0.1) is 0 Å². The van der Waals surface area contributed by atoms with Gasteiger partial charge in [-0.05, 0) is 12.8 Å². The molecule has 134 valence electrons. The van der Waals surface area contributed by atoms with Gasteiger partial charge in [-0.15, -0.1) is 0 Å². The van der Waals surface area contributed by atoms with Crippen LogP contribution < -0.4 is 0 Å². The van der Waals surface area contributed by atoms with Crippen LogP contribution in [-0.4, -0.2) is 57.9 Å². The summed E-state index contributed by atoms with van der Waals surface area (Å²) in [7, 11) is -4.48. The van der Waals surface area contributed by atoms with Crippen LogP contribution in [0.2, 0.25) is 0 Å². The fourth-order valence-corrected chi connectivity index (χ4v) is 2.21. The molecule has 0 unspecified atom stereocenters. The third-order valence-corrected chi connectivity index (χ3v) is 3.75. The molecule has 1 N–H and O–H groups in total. The molecule has 0 saturated carbocycles. The van der Waals surface area contributed by atoms with Gasteiger partial charge in [0.1, 0.15) is 0 Å². The van der Waals surface area contributed by atoms with Crippen LogP contribution in [0.3, 0.4) is 0 Å². The molecule has 0 radical (unpaired) electrons. The number of hydrogen-bond acceptors (Lipinski definition) is 7. The van der Waals surface area contributed by atoms with E-state index in [2.05, 4.69) is 4.52 Å². The van der Waals surface area contributed by atoms with E-state index in [0.29, 0.717) is 13.2 Å². The fourth-order valence-electron chi connectivity index (χ4n) is 1.28. The summed E-state index contributed by atoms with van der Waals surface area (Å²) < 4.78 is 66.4. The fraction of sp³-hybridized carbons (Fsp3) is 1.00. The summed E-state index contributed by atoms with van der Waals surface area (Å²) >= 11 is 0. The van der Waals surface area contributed by atoms with Crippen molar-refractivity contribution in [1.29, 1.82) is 0 Å². The average molecular weight is 346 g/mol. The molecule has 0 rings (SSSR count). The van der Waals surface area contributed by atoms with Crippen molar-refractivity contribution < 1.29 is 38.2 Å². The molecular weight excluding hydrogens is 311 g/mol. The van der Waals surface area contributed by atoms with Crippen molar-refractivity contribution in [3.05, 3.63) is 0 Å². The Bertz CT molecular complexity index is 387. The minimum atomic E-state index is -4.48. The van der Waals surface area contributed by atoms with Gasteiger partial charge < -0.3 is 14.6 Å². The predicted octanol–water partition coefficient (Wildman–Crippen LogP) is 2.77. The normalized spacial score (nSPS) is 16.0. The second kappa shape index (κ2) is 15.9. The van der Waals surface area contributed by atoms with Crippen molar-refractivity contribution in [3.63, 3.8) is 0 Å². The number of aliphatic hydroxyl groups is 1. The van der Waals surface area contributed by atoms with E-state index in [9.17, 15) is 9.67 Å². The first-order valence-electron chi connectivity index (χ1n) is 9.55. The zero-order valence-electron chi connectivity index (χ0n) is 17.4. The molecular formula is C14H31O7P. The van der Waals surface area contributed by atoms with Crippen molar-refractivity contribution in [2.24, 2.45) is 0 Å². The summed E-state index contributed by atoms with van der Waals surface area (Å²) in [6.45, 7) is -1.94. The number of rotatable bonds is 17. The molecule has 22 heavy (non-hydrogen) atoms. The molecule has 0 aliphatic carbocycles. The van der Waals surface area contributed by atoms with Crippen molar-refractivity contribution in [1.82, 2.24) is 0 Å². The third kappa shape index (κ3) is 13.6. The highest BCUT2D eigenvalue weighted by molar-refractivity contribution is 7.48. The predicted molar refractivity (Wildman–Crippen MR) is 84.0 cm³/mol. The highest BCUT2D eigenvalue weighted by atomic mass is 31.2. The van der Waals surface area contributed by atoms with Crippen molar-refractivity contribution in [2.45, 2.75) is 39.5 Å². The Labute approximate surface area is 139 Å². The molecule has 7 nitrogen and oxygen atoms in total. The Morgan fingerprint density at radius 1 is 0.864 bits per heavy atom. The molecule has 0 aliphatic heterocycles. The van der Waals surface area contributed by atoms with Gasteiger partial charge in [0, 0.05) is 13.2 Å². The largest absolute Gasteiger partial charge is 0.475 e. The lowest BCUT2D eigenvalue weighted by Gasteiger charge is -2.17. The first-order valence-corrected chi connectivity index (χ1v) is 9.01. The van der Waals surface area contributed by atoms with E-state index >= 15 is 0 Å². The Hall–Kier alpha value is -0.0100. The standard InChI is InChI=1S/C14H31O7P/c1-3-5-8-17-11-13-20-22(16,19-10-7-15)21-14-12-18-9-6-4-2/h15H,3-14H2,1-2H3/i7D2,10D2. The maximum absolute atomic E-state index is 12.6. The number of phosphoric acid groups is 1. The second-order valence-corrected chi connectivity index (χ2v) is 5.94. The van der Waals surface area contributed by atoms with E-state index in [1.54, 1.807) is 0 Å². The van der Waals surface area contributed by atoms with E-state index in [4.69, 9.17) is 24.0 Å². The summed E-state index contributed by atoms with van der Waals surface area (Å²) in [5.41, 5.74) is 0. The van der Waals surface area contributed by atoms with Gasteiger partial charge in [-0.25, -0.2) is 4.57 Å². The highest BCUT2D eigenvalue weighted by Gasteiger charge is 2.26. The Kier molecular flexibility index (Phi) is 11.2. The van der Waals surface area contributed by atoms with Gasteiger partial charge in [0.15, 0.2) is 0 Å². The zero-order chi connectivity index (χ0) is 20.1. The van der Waals surface area contributed by atoms with Gasteiger partial charge in [-0.1, -0.05) is 26.7 Å². The molecule has 0 fully saturated rings. The van der Waals surface area contributed by atoms with E-state index < -0.39 is 20.9 Å². The first-order chi connectivity index (χ1) is 12.1. The molecule has 0 atom stereocenters. The van der Waals surface area contributed by atoms with Gasteiger partial charge >= 0.3 is 7.82 Å². The Balaban J connectivity index is 4.58. The SMILES string of the molecule is [2H]C([2H])(O)C([2H])([2H])OP(=O)(OCCOCCCC)OCCOCCCC. The van der Waals surface area contributed by atoms with Crippen LogP contribution in [0.1, 0.15) is 45.0 Å². The quantitative estimate of drug-likeness (QED) is 0.320. The van der Waals surface area contributed by atoms with Gasteiger partial charge in [0.05, 0.1) is 45.0 Å². The highest BCUT2D eigenvalue weighted by Crippen LogP contribution is 2.49. The molecule has 0 bridgehead atoms. The number of unbranched alkanes of at least 4 members (excludes halogenated alkanes) is 2. The van der Waals surface area contributed by atoms with Gasteiger partial charge in [-0.2, -0.15) is 0 Å². The Morgan fingerprint density at radius 2 is 1.36 bits per heavy atom. The van der Waals surface area contributed by atoms with Gasteiger partial charge in [0.25, 0.3) is 0 Å². The monoisotopic (exact) mass is 346 g/mol. The van der Waals surface area contributed by atoms with Crippen molar-refractivity contribution in [3.8, 4) is 0 Å². The van der Waals surface area contributed by atoms with Crippen LogP contribution in [0.15, 0.2) is 0 Å². The summed E-state index contributed by atoms with van der Waals surface area (Å²) in [5.74, 6) is 0. The van der Waals surface area contributed by atoms with E-state index in [1.807, 2.05) is 13.8 Å². The minimum absolute atomic E-state index is 0.0821. The maximum Gasteiger partial charge on any atom is 0.475 e. The molecule has 8 heteroatoms. The number of phosphoric ester groups is 1. The lowest BCUT2D eigenvalue weighted by Crippen LogP contribution is -2.11. The zero-order valence-corrected chi connectivity index (χ0v) is 14.3. The minimum Gasteiger partial charge on any atom is -0.394 e. The van der Waals surface area contributed by atoms with E-state index in [1.165, 1.54) is 0 Å². The lowest BCUT2D eigenvalue weighted by atomic mass is 10.4. The summed E-state index contributed by atoms with van der Waals surface area (Å²) in [6, 6.07) is 0. The van der Waals surface area contributed by atoms with E-state index in [0.717, 1.165) is 25.7 Å². The molecule has 0 amide bonds. The van der Waals surface area contributed by atoms with Gasteiger partial charge in [-0.3, -0.25) is 13.6 Å². The Morgan fingerprint density at radius 3 is 1.77 bits per heavy atom. The van der Waals surface area contributed by atoms with Crippen LogP contribution in [0.25, 0.3) is 0 Å². The molecule has 0 aromatic rings. The average Bonchev–Trinajstić information content (AvgIpc) is 2.52. The second-order valence-electron chi connectivity index (χ2n) is 4.35. The van der Waals surface area contributed by atoms with Crippen molar-refractivity contribution in [2.75, 3.05) is 52.8 Å². The summed E-state index contributed by atoms with van der Waals surface area (Å²) in [6.07, 6.45) is 3.62. The van der Waals surface area contributed by atoms with Crippen LogP contribution in [0.4, 0.5) is 0 Å². The summed E-state index contributed by atoms with van der Waals surface area (Å²) in [4.78, 5) is 0. The lowest BCUT2D eigenvalue weighted by molar-refractivity contribution is 0.0415. The van der Waals surface area contributed by atoms with Crippen LogP contribution >= 0.6 is 7.82 Å². The van der Waals surface area contributed by atoms with E-state index in [-0.39, 0.29) is 26.4 Å². The van der Waals surface area contributed by atoms with Crippen LogP contribution in [0.5, 0.6) is 0 Å². The van der Waals surface area contributed by atoms with Crippen molar-refractivity contribution >= 4 is 7.82 Å². The van der Waals surface area contributed by atoms with Crippen LogP contribution in [-0.2, 0) is 27.6 Å². The molecule has 0 spiro atoms. The third-order valence-electron chi connectivity index (χ3n) is 2.44. The van der Waals surface area contributed by atoms with Gasteiger partial charge in [0.2, 0.25) is 0 Å². The maximum atomic E-state index is 12.6. The molecule has 0 aromatic heterocycles. The first kappa shape index (κ1) is 15.5. The molecule has 0 aliphatic rings. The molecule has 0 saturated heterocycles. The topological polar surface area (TPSA) is 83.5 Å². The molecule has 0 aromatic carbocycles. The molecule has 0 heterocycles. The number of ether oxygens (including phenoxy) is 2. The summed E-state index contributed by atoms with van der Waals surface area (Å²) in [5, 5.41) is 9.20. The smallest absolute Gasteiger partial charge is 0.394 e.